The molecule has 8 heteroatoms. The molecule has 162 valence electrons. The van der Waals surface area contributed by atoms with Gasteiger partial charge in [0.05, 0.1) is 13.7 Å². The van der Waals surface area contributed by atoms with E-state index in [1.54, 1.807) is 20.8 Å². The first-order chi connectivity index (χ1) is 12.8. The smallest absolute Gasteiger partial charge is 0.411 e. The van der Waals surface area contributed by atoms with Crippen LogP contribution in [-0.4, -0.2) is 62.9 Å². The predicted molar refractivity (Wildman–Crippen MR) is 110 cm³/mol. The van der Waals surface area contributed by atoms with Crippen molar-refractivity contribution in [2.45, 2.75) is 83.8 Å². The Morgan fingerprint density at radius 3 is 2.32 bits per heavy atom. The standard InChI is InChI=1S/C20H37NO6Si/c1-20(2,3)27-19(24)21-12-8-9-15(17(21)18(23)25-4)10-11-16(22)26-13-14-28(5,6)7/h15,17H,8-14H2,1-7H3/t15-,17-/m0/s1. The summed E-state index contributed by atoms with van der Waals surface area (Å²) in [6.07, 6.45) is 1.69. The normalized spacial score (nSPS) is 20.5. The summed E-state index contributed by atoms with van der Waals surface area (Å²) in [5, 5.41) is 0. The van der Waals surface area contributed by atoms with Crippen molar-refractivity contribution in [3.8, 4) is 0 Å². The second-order valence-corrected chi connectivity index (χ2v) is 15.2. The number of esters is 2. The molecule has 1 amide bonds. The number of hydrogen-bond acceptors (Lipinski definition) is 6. The first-order valence-corrected chi connectivity index (χ1v) is 13.8. The molecule has 0 saturated carbocycles. The van der Waals surface area contributed by atoms with E-state index in [9.17, 15) is 14.4 Å². The Hall–Kier alpha value is -1.57. The van der Waals surface area contributed by atoms with Gasteiger partial charge in [0, 0.05) is 21.0 Å². The molecule has 0 radical (unpaired) electrons. The molecule has 0 aromatic carbocycles. The van der Waals surface area contributed by atoms with Crippen LogP contribution in [-0.2, 0) is 23.8 Å². The average molecular weight is 416 g/mol. The van der Waals surface area contributed by atoms with E-state index in [4.69, 9.17) is 14.2 Å². The second kappa shape index (κ2) is 10.3. The Morgan fingerprint density at radius 2 is 1.79 bits per heavy atom. The SMILES string of the molecule is COC(=O)[C@@H]1[C@H](CCC(=O)OCC[Si](C)(C)C)CCCN1C(=O)OC(C)(C)C. The van der Waals surface area contributed by atoms with Crippen LogP contribution < -0.4 is 0 Å². The zero-order chi connectivity index (χ0) is 21.5. The van der Waals surface area contributed by atoms with Gasteiger partial charge in [0.1, 0.15) is 11.6 Å². The average Bonchev–Trinajstić information content (AvgIpc) is 2.56. The molecule has 28 heavy (non-hydrogen) atoms. The van der Waals surface area contributed by atoms with Crippen molar-refractivity contribution in [2.75, 3.05) is 20.3 Å². The third-order valence-electron chi connectivity index (χ3n) is 4.66. The minimum absolute atomic E-state index is 0.154. The van der Waals surface area contributed by atoms with E-state index >= 15 is 0 Å². The topological polar surface area (TPSA) is 82.1 Å². The summed E-state index contributed by atoms with van der Waals surface area (Å²) in [6, 6.07) is 0.197. The Kier molecular flexibility index (Phi) is 8.98. The molecule has 1 rings (SSSR count). The quantitative estimate of drug-likeness (QED) is 0.357. The van der Waals surface area contributed by atoms with E-state index in [-0.39, 0.29) is 18.3 Å². The molecule has 1 aliphatic heterocycles. The summed E-state index contributed by atoms with van der Waals surface area (Å²) in [5.74, 6) is -0.878. The largest absolute Gasteiger partial charge is 0.467 e. The van der Waals surface area contributed by atoms with E-state index in [2.05, 4.69) is 19.6 Å². The van der Waals surface area contributed by atoms with E-state index in [1.807, 2.05) is 0 Å². The molecule has 1 saturated heterocycles. The van der Waals surface area contributed by atoms with Gasteiger partial charge in [-0.15, -0.1) is 0 Å². The molecule has 0 N–H and O–H groups in total. The number of rotatable bonds is 7. The van der Waals surface area contributed by atoms with Gasteiger partial charge in [-0.1, -0.05) is 19.6 Å². The molecule has 1 heterocycles. The number of hydrogen-bond donors (Lipinski definition) is 0. The summed E-state index contributed by atoms with van der Waals surface area (Å²) >= 11 is 0. The van der Waals surface area contributed by atoms with Crippen LogP contribution >= 0.6 is 0 Å². The molecular formula is C20H37NO6Si. The van der Waals surface area contributed by atoms with Crippen LogP contribution in [0.2, 0.25) is 25.7 Å². The number of nitrogens with zero attached hydrogens (tertiary/aromatic N) is 1. The molecule has 7 nitrogen and oxygen atoms in total. The number of carbonyl (C=O) groups is 3. The third kappa shape index (κ3) is 8.62. The van der Waals surface area contributed by atoms with Gasteiger partial charge < -0.3 is 14.2 Å². The molecule has 1 aliphatic rings. The molecule has 0 aromatic heterocycles. The molecule has 0 bridgehead atoms. The van der Waals surface area contributed by atoms with Gasteiger partial charge in [-0.2, -0.15) is 0 Å². The molecular weight excluding hydrogens is 378 g/mol. The highest BCUT2D eigenvalue weighted by atomic mass is 28.3. The lowest BCUT2D eigenvalue weighted by atomic mass is 9.85. The van der Waals surface area contributed by atoms with Crippen LogP contribution in [0.4, 0.5) is 4.79 Å². The molecule has 2 atom stereocenters. The van der Waals surface area contributed by atoms with Crippen molar-refractivity contribution >= 4 is 26.1 Å². The Bertz CT molecular complexity index is 552. The maximum atomic E-state index is 12.6. The summed E-state index contributed by atoms with van der Waals surface area (Å²) in [4.78, 5) is 38.5. The molecule has 0 aromatic rings. The zero-order valence-electron chi connectivity index (χ0n) is 18.5. The highest BCUT2D eigenvalue weighted by Crippen LogP contribution is 2.30. The highest BCUT2D eigenvalue weighted by Gasteiger charge is 2.41. The van der Waals surface area contributed by atoms with Crippen molar-refractivity contribution in [1.29, 1.82) is 0 Å². The fraction of sp³-hybridized carbons (Fsp3) is 0.850. The number of carbonyl (C=O) groups excluding carboxylic acids is 3. The van der Waals surface area contributed by atoms with Crippen LogP contribution in [0.3, 0.4) is 0 Å². The number of amides is 1. The monoisotopic (exact) mass is 415 g/mol. The molecule has 0 aliphatic carbocycles. The van der Waals surface area contributed by atoms with Crippen LogP contribution in [0, 0.1) is 5.92 Å². The summed E-state index contributed by atoms with van der Waals surface area (Å²) in [6.45, 7) is 12.9. The number of piperidine rings is 1. The van der Waals surface area contributed by atoms with Crippen molar-refractivity contribution < 1.29 is 28.6 Å². The Balaban J connectivity index is 2.71. The van der Waals surface area contributed by atoms with E-state index < -0.39 is 31.8 Å². The first-order valence-electron chi connectivity index (χ1n) is 10.1. The zero-order valence-corrected chi connectivity index (χ0v) is 19.5. The summed E-state index contributed by atoms with van der Waals surface area (Å²) in [5.41, 5.74) is -0.648. The number of likely N-dealkylation sites (tertiary alicyclic amines) is 1. The molecule has 0 unspecified atom stereocenters. The fourth-order valence-corrected chi connectivity index (χ4v) is 3.90. The van der Waals surface area contributed by atoms with E-state index in [1.165, 1.54) is 12.0 Å². The van der Waals surface area contributed by atoms with Gasteiger partial charge in [-0.25, -0.2) is 9.59 Å². The Labute approximate surface area is 170 Å². The highest BCUT2D eigenvalue weighted by molar-refractivity contribution is 6.76. The van der Waals surface area contributed by atoms with Gasteiger partial charge in [0.25, 0.3) is 0 Å². The van der Waals surface area contributed by atoms with Crippen LogP contribution in [0.15, 0.2) is 0 Å². The van der Waals surface area contributed by atoms with Crippen LogP contribution in [0.1, 0.15) is 46.5 Å². The van der Waals surface area contributed by atoms with Gasteiger partial charge in [0.2, 0.25) is 0 Å². The summed E-state index contributed by atoms with van der Waals surface area (Å²) in [7, 11) is 0.0634. The lowest BCUT2D eigenvalue weighted by Gasteiger charge is -2.39. The minimum Gasteiger partial charge on any atom is -0.467 e. The van der Waals surface area contributed by atoms with Crippen LogP contribution in [0.5, 0.6) is 0 Å². The summed E-state index contributed by atoms with van der Waals surface area (Å²) < 4.78 is 15.7. The molecule has 1 fully saturated rings. The fourth-order valence-electron chi connectivity index (χ4n) is 3.19. The minimum atomic E-state index is -1.25. The van der Waals surface area contributed by atoms with Crippen molar-refractivity contribution in [2.24, 2.45) is 5.92 Å². The van der Waals surface area contributed by atoms with Crippen molar-refractivity contribution in [3.05, 3.63) is 0 Å². The second-order valence-electron chi connectivity index (χ2n) is 9.61. The number of ether oxygens (including phenoxy) is 3. The van der Waals surface area contributed by atoms with Gasteiger partial charge in [-0.3, -0.25) is 9.69 Å². The third-order valence-corrected chi connectivity index (χ3v) is 6.37. The first kappa shape index (κ1) is 24.5. The van der Waals surface area contributed by atoms with Gasteiger partial charge in [0.15, 0.2) is 0 Å². The van der Waals surface area contributed by atoms with E-state index in [0.29, 0.717) is 19.6 Å². The Morgan fingerprint density at radius 1 is 1.14 bits per heavy atom. The van der Waals surface area contributed by atoms with Gasteiger partial charge in [-0.05, 0) is 52.0 Å². The van der Waals surface area contributed by atoms with Crippen molar-refractivity contribution in [3.63, 3.8) is 0 Å². The predicted octanol–water partition coefficient (Wildman–Crippen LogP) is 3.84. The number of methoxy groups -OCH3 is 1. The maximum Gasteiger partial charge on any atom is 0.411 e. The molecule has 0 spiro atoms. The maximum absolute atomic E-state index is 12.6. The lowest BCUT2D eigenvalue weighted by molar-refractivity contribution is -0.152. The van der Waals surface area contributed by atoms with E-state index in [0.717, 1.165) is 18.9 Å². The van der Waals surface area contributed by atoms with Gasteiger partial charge >= 0.3 is 18.0 Å². The van der Waals surface area contributed by atoms with Crippen molar-refractivity contribution in [1.82, 2.24) is 4.90 Å². The lowest BCUT2D eigenvalue weighted by Crippen LogP contribution is -2.54. The van der Waals surface area contributed by atoms with Crippen LogP contribution in [0.25, 0.3) is 0 Å².